The van der Waals surface area contributed by atoms with E-state index in [-0.39, 0.29) is 16.8 Å². The van der Waals surface area contributed by atoms with E-state index < -0.39 is 6.61 Å². The lowest BCUT2D eigenvalue weighted by molar-refractivity contribution is -0.0933. The summed E-state index contributed by atoms with van der Waals surface area (Å²) in [7, 11) is 0. The van der Waals surface area contributed by atoms with Crippen LogP contribution in [0, 0.1) is 6.92 Å². The average Bonchev–Trinajstić information content (AvgIpc) is 3.11. The summed E-state index contributed by atoms with van der Waals surface area (Å²) in [6, 6.07) is -0.267. The maximum absolute atomic E-state index is 12.4. The Balaban J connectivity index is 1.75. The fourth-order valence-electron chi connectivity index (χ4n) is 2.32. The Kier molecular flexibility index (Phi) is 4.42. The molecule has 0 N–H and O–H groups in total. The van der Waals surface area contributed by atoms with Gasteiger partial charge in [-0.25, -0.2) is 9.67 Å². The van der Waals surface area contributed by atoms with E-state index >= 15 is 0 Å². The highest BCUT2D eigenvalue weighted by molar-refractivity contribution is 6.31. The molecule has 0 saturated heterocycles. The molecule has 1 atom stereocenters. The smallest absolute Gasteiger partial charge is 0.387 e. The number of alkyl halides is 2. The number of hydrogen-bond donors (Lipinski definition) is 0. The number of imidazole rings is 1. The van der Waals surface area contributed by atoms with E-state index in [1.54, 1.807) is 23.2 Å². The van der Waals surface area contributed by atoms with Gasteiger partial charge in [-0.05, 0) is 19.4 Å². The normalized spacial score (nSPS) is 18.0. The van der Waals surface area contributed by atoms with E-state index in [1.807, 2.05) is 17.7 Å². The van der Waals surface area contributed by atoms with Crippen molar-refractivity contribution in [3.63, 3.8) is 0 Å². The molecule has 1 aliphatic carbocycles. The van der Waals surface area contributed by atoms with Gasteiger partial charge in [-0.1, -0.05) is 22.9 Å². The first-order valence-corrected chi connectivity index (χ1v) is 7.32. The summed E-state index contributed by atoms with van der Waals surface area (Å²) < 4.78 is 32.7. The molecule has 0 radical (unpaired) electrons. The first-order chi connectivity index (χ1) is 11.0. The van der Waals surface area contributed by atoms with Crippen LogP contribution in [-0.4, -0.2) is 31.2 Å². The highest BCUT2D eigenvalue weighted by Crippen LogP contribution is 2.30. The van der Waals surface area contributed by atoms with Crippen molar-refractivity contribution < 1.29 is 13.5 Å². The molecule has 2 aromatic heterocycles. The predicted molar refractivity (Wildman–Crippen MR) is 78.9 cm³/mol. The Morgan fingerprint density at radius 1 is 1.48 bits per heavy atom. The van der Waals surface area contributed by atoms with E-state index in [0.29, 0.717) is 13.0 Å². The molecule has 0 bridgehead atoms. The zero-order valence-electron chi connectivity index (χ0n) is 12.2. The first kappa shape index (κ1) is 15.7. The minimum Gasteiger partial charge on any atom is -0.434 e. The summed E-state index contributed by atoms with van der Waals surface area (Å²) in [5, 5.41) is 8.34. The third-order valence-electron chi connectivity index (χ3n) is 3.49. The van der Waals surface area contributed by atoms with Crippen LogP contribution in [0.4, 0.5) is 8.78 Å². The molecule has 9 heteroatoms. The maximum atomic E-state index is 12.4. The summed E-state index contributed by atoms with van der Waals surface area (Å²) >= 11 is 5.88. The van der Waals surface area contributed by atoms with Gasteiger partial charge in [0.15, 0.2) is 0 Å². The van der Waals surface area contributed by atoms with Crippen molar-refractivity contribution in [3.8, 4) is 0 Å². The minimum atomic E-state index is -2.92. The lowest BCUT2D eigenvalue weighted by Crippen LogP contribution is -2.13. The van der Waals surface area contributed by atoms with Gasteiger partial charge >= 0.3 is 6.61 Å². The lowest BCUT2D eigenvalue weighted by atomic mass is 10.1. The van der Waals surface area contributed by atoms with Crippen molar-refractivity contribution in [2.24, 2.45) is 0 Å². The third-order valence-corrected chi connectivity index (χ3v) is 3.83. The van der Waals surface area contributed by atoms with Crippen LogP contribution in [0.3, 0.4) is 0 Å². The number of hydrogen-bond acceptors (Lipinski definition) is 4. The van der Waals surface area contributed by atoms with E-state index in [1.165, 1.54) is 6.08 Å². The molecular weight excluding hydrogens is 328 g/mol. The van der Waals surface area contributed by atoms with Crippen LogP contribution in [0.25, 0.3) is 0 Å². The van der Waals surface area contributed by atoms with Gasteiger partial charge < -0.3 is 9.30 Å². The second kappa shape index (κ2) is 6.49. The number of nitrogens with zero attached hydrogens (tertiary/aromatic N) is 5. The van der Waals surface area contributed by atoms with Crippen LogP contribution in [0.5, 0.6) is 0 Å². The molecule has 0 saturated carbocycles. The van der Waals surface area contributed by atoms with E-state index in [4.69, 9.17) is 11.6 Å². The molecule has 0 spiro atoms. The highest BCUT2D eigenvalue weighted by atomic mass is 35.5. The fraction of sp³-hybridized carbons (Fsp3) is 0.357. The number of allylic oxidation sites excluding steroid dienone is 3. The van der Waals surface area contributed by atoms with Gasteiger partial charge in [0.2, 0.25) is 0 Å². The zero-order chi connectivity index (χ0) is 16.4. The quantitative estimate of drug-likeness (QED) is 0.838. The largest absolute Gasteiger partial charge is 0.434 e. The zero-order valence-corrected chi connectivity index (χ0v) is 13.0. The highest BCUT2D eigenvalue weighted by Gasteiger charge is 2.20. The van der Waals surface area contributed by atoms with Crippen LogP contribution >= 0.6 is 11.6 Å². The standard InChI is InChI=1S/C14H14ClF2N5O/c1-9-18-4-5-21(9)7-10-8-22(20-19-10)11-2-3-12(15)13(6-11)23-14(16)17/h3-6,8,11,14H,2,7H2,1H3. The van der Waals surface area contributed by atoms with E-state index in [0.717, 1.165) is 11.5 Å². The molecule has 23 heavy (non-hydrogen) atoms. The number of ether oxygens (including phenoxy) is 1. The van der Waals surface area contributed by atoms with Gasteiger partial charge in [0.25, 0.3) is 0 Å². The summed E-state index contributed by atoms with van der Waals surface area (Å²) in [5.41, 5.74) is 0.747. The summed E-state index contributed by atoms with van der Waals surface area (Å²) in [6.07, 6.45) is 9.02. The van der Waals surface area contributed by atoms with Crippen molar-refractivity contribution >= 4 is 11.6 Å². The second-order valence-corrected chi connectivity index (χ2v) is 5.46. The summed E-state index contributed by atoms with van der Waals surface area (Å²) in [6.45, 7) is -0.480. The van der Waals surface area contributed by atoms with Crippen LogP contribution in [0.1, 0.15) is 24.0 Å². The Labute approximate surface area is 136 Å². The second-order valence-electron chi connectivity index (χ2n) is 5.06. The van der Waals surface area contributed by atoms with Crippen molar-refractivity contribution in [2.75, 3.05) is 0 Å². The van der Waals surface area contributed by atoms with Gasteiger partial charge in [0.1, 0.15) is 17.3 Å². The molecule has 6 nitrogen and oxygen atoms in total. The Bertz CT molecular complexity index is 752. The fourth-order valence-corrected chi connectivity index (χ4v) is 2.51. The Morgan fingerprint density at radius 2 is 2.30 bits per heavy atom. The summed E-state index contributed by atoms with van der Waals surface area (Å²) in [5.74, 6) is 0.833. The van der Waals surface area contributed by atoms with Crippen molar-refractivity contribution in [1.82, 2.24) is 24.5 Å². The van der Waals surface area contributed by atoms with Crippen molar-refractivity contribution in [3.05, 3.63) is 53.1 Å². The number of aromatic nitrogens is 5. The Morgan fingerprint density at radius 3 is 3.00 bits per heavy atom. The molecule has 3 rings (SSSR count). The number of halogens is 3. The van der Waals surface area contributed by atoms with Gasteiger partial charge in [0, 0.05) is 12.4 Å². The molecule has 1 unspecified atom stereocenters. The maximum Gasteiger partial charge on any atom is 0.387 e. The number of aryl methyl sites for hydroxylation is 1. The topological polar surface area (TPSA) is 57.8 Å². The molecule has 1 aliphatic rings. The van der Waals surface area contributed by atoms with Gasteiger partial charge in [0.05, 0.1) is 23.8 Å². The van der Waals surface area contributed by atoms with E-state index in [2.05, 4.69) is 20.0 Å². The van der Waals surface area contributed by atoms with Crippen molar-refractivity contribution in [1.29, 1.82) is 0 Å². The predicted octanol–water partition coefficient (Wildman–Crippen LogP) is 3.02. The SMILES string of the molecule is Cc1nccn1Cc1cn(C2C=C(OC(F)F)C(Cl)=CC2)nn1. The van der Waals surface area contributed by atoms with E-state index in [9.17, 15) is 8.78 Å². The molecule has 0 aliphatic heterocycles. The number of rotatable bonds is 5. The van der Waals surface area contributed by atoms with Gasteiger partial charge in [-0.2, -0.15) is 8.78 Å². The Hall–Kier alpha value is -2.22. The third kappa shape index (κ3) is 3.58. The molecule has 0 fully saturated rings. The molecule has 0 amide bonds. The molecule has 122 valence electrons. The molecule has 2 heterocycles. The van der Waals surface area contributed by atoms with Crippen LogP contribution in [-0.2, 0) is 11.3 Å². The van der Waals surface area contributed by atoms with Gasteiger partial charge in [-0.3, -0.25) is 0 Å². The lowest BCUT2D eigenvalue weighted by Gasteiger charge is -2.18. The first-order valence-electron chi connectivity index (χ1n) is 6.94. The minimum absolute atomic E-state index is 0.0413. The van der Waals surface area contributed by atoms with Crippen LogP contribution in [0.2, 0.25) is 0 Å². The molecule has 0 aromatic carbocycles. The molecule has 2 aromatic rings. The monoisotopic (exact) mass is 341 g/mol. The summed E-state index contributed by atoms with van der Waals surface area (Å²) in [4.78, 5) is 4.14. The molecular formula is C14H14ClF2N5O. The van der Waals surface area contributed by atoms with Crippen LogP contribution in [0.15, 0.2) is 41.5 Å². The van der Waals surface area contributed by atoms with Crippen molar-refractivity contribution in [2.45, 2.75) is 32.5 Å². The average molecular weight is 342 g/mol. The van der Waals surface area contributed by atoms with Gasteiger partial charge in [-0.15, -0.1) is 5.10 Å². The van der Waals surface area contributed by atoms with Crippen LogP contribution < -0.4 is 0 Å².